The van der Waals surface area contributed by atoms with Crippen molar-refractivity contribution in [2.75, 3.05) is 13.1 Å². The van der Waals surface area contributed by atoms with Crippen LogP contribution in [0.3, 0.4) is 0 Å². The Hall–Kier alpha value is -0.860. The highest BCUT2D eigenvalue weighted by atomic mass is 15.2. The summed E-state index contributed by atoms with van der Waals surface area (Å²) in [5.41, 5.74) is 9.35. The van der Waals surface area contributed by atoms with Crippen LogP contribution in [0.5, 0.6) is 0 Å². The number of likely N-dealkylation sites (tertiary alicyclic amines) is 1. The molecule has 2 N–H and O–H groups in total. The number of nitrogens with two attached hydrogens (primary N) is 1. The maximum atomic E-state index is 6.48. The number of nitrogens with zero attached hydrogens (tertiary/aromatic N) is 1. The lowest BCUT2D eigenvalue weighted by molar-refractivity contribution is 0.206. The molecule has 2 aliphatic carbocycles. The molecule has 1 saturated carbocycles. The van der Waals surface area contributed by atoms with Crippen LogP contribution in [0, 0.1) is 11.8 Å². The average molecular weight is 242 g/mol. The predicted molar refractivity (Wildman–Crippen MR) is 73.3 cm³/mol. The Morgan fingerprint density at radius 1 is 1.06 bits per heavy atom. The zero-order valence-corrected chi connectivity index (χ0v) is 10.9. The van der Waals surface area contributed by atoms with Crippen LogP contribution in [-0.4, -0.2) is 24.0 Å². The third-order valence-electron chi connectivity index (χ3n) is 5.48. The maximum absolute atomic E-state index is 6.48. The molecule has 3 aliphatic rings. The van der Waals surface area contributed by atoms with Crippen LogP contribution < -0.4 is 5.73 Å². The molecule has 4 unspecified atom stereocenters. The van der Waals surface area contributed by atoms with E-state index in [1.165, 1.54) is 43.5 Å². The second-order valence-electron chi connectivity index (χ2n) is 6.40. The number of hydrogen-bond donors (Lipinski definition) is 1. The second-order valence-corrected chi connectivity index (χ2v) is 6.40. The fourth-order valence-electron chi connectivity index (χ4n) is 4.50. The van der Waals surface area contributed by atoms with E-state index in [0.717, 1.165) is 18.3 Å². The van der Waals surface area contributed by atoms with Crippen LogP contribution in [-0.2, 0) is 6.42 Å². The zero-order valence-electron chi connectivity index (χ0n) is 10.9. The van der Waals surface area contributed by atoms with Gasteiger partial charge in [-0.05, 0) is 42.2 Å². The molecule has 2 fully saturated rings. The van der Waals surface area contributed by atoms with Crippen LogP contribution >= 0.6 is 0 Å². The fourth-order valence-corrected chi connectivity index (χ4v) is 4.50. The Kier molecular flexibility index (Phi) is 2.49. The predicted octanol–water partition coefficient (Wildman–Crippen LogP) is 2.34. The molecule has 1 saturated heterocycles. The van der Waals surface area contributed by atoms with Gasteiger partial charge >= 0.3 is 0 Å². The fraction of sp³-hybridized carbons (Fsp3) is 0.625. The summed E-state index contributed by atoms with van der Waals surface area (Å²) in [4.78, 5) is 2.69. The Balaban J connectivity index is 1.55. The summed E-state index contributed by atoms with van der Waals surface area (Å²) in [6.45, 7) is 2.61. The van der Waals surface area contributed by atoms with Crippen molar-refractivity contribution < 1.29 is 0 Å². The Bertz CT molecular complexity index is 444. The molecule has 0 bridgehead atoms. The van der Waals surface area contributed by atoms with Gasteiger partial charge in [0.1, 0.15) is 0 Å². The summed E-state index contributed by atoms with van der Waals surface area (Å²) in [6.07, 6.45) is 5.53. The molecule has 1 heterocycles. The van der Waals surface area contributed by atoms with E-state index in [1.807, 2.05) is 0 Å². The topological polar surface area (TPSA) is 29.3 Å². The van der Waals surface area contributed by atoms with Gasteiger partial charge in [0.25, 0.3) is 0 Å². The smallest absolute Gasteiger partial charge is 0.0459 e. The van der Waals surface area contributed by atoms with Gasteiger partial charge in [0.2, 0.25) is 0 Å². The molecular weight excluding hydrogens is 220 g/mol. The van der Waals surface area contributed by atoms with Gasteiger partial charge in [0, 0.05) is 25.2 Å². The first-order valence-electron chi connectivity index (χ1n) is 7.40. The van der Waals surface area contributed by atoms with Crippen molar-refractivity contribution in [2.45, 2.75) is 37.8 Å². The lowest BCUT2D eigenvalue weighted by atomic mass is 10.0. The van der Waals surface area contributed by atoms with Crippen LogP contribution in [0.2, 0.25) is 0 Å². The summed E-state index contributed by atoms with van der Waals surface area (Å²) >= 11 is 0. The van der Waals surface area contributed by atoms with Crippen molar-refractivity contribution in [3.63, 3.8) is 0 Å². The standard InChI is InChI=1S/C16H22N2/c17-16-14-7-2-1-4-11(14)8-15(16)18-9-12-5-3-6-13(12)10-18/h1-2,4,7,12-13,15-16H,3,5-6,8-10,17H2. The average Bonchev–Trinajstić information content (AvgIpc) is 3.02. The lowest BCUT2D eigenvalue weighted by Gasteiger charge is -2.28. The van der Waals surface area contributed by atoms with Crippen LogP contribution in [0.1, 0.15) is 36.4 Å². The van der Waals surface area contributed by atoms with Crippen LogP contribution in [0.4, 0.5) is 0 Å². The number of rotatable bonds is 1. The molecule has 2 heteroatoms. The van der Waals surface area contributed by atoms with Crippen molar-refractivity contribution in [2.24, 2.45) is 17.6 Å². The minimum atomic E-state index is 0.236. The van der Waals surface area contributed by atoms with Crippen molar-refractivity contribution in [3.05, 3.63) is 35.4 Å². The molecule has 4 atom stereocenters. The molecule has 0 radical (unpaired) electrons. The first-order valence-corrected chi connectivity index (χ1v) is 7.40. The highest BCUT2D eigenvalue weighted by Crippen LogP contribution is 2.42. The number of benzene rings is 1. The largest absolute Gasteiger partial charge is 0.323 e. The van der Waals surface area contributed by atoms with E-state index in [2.05, 4.69) is 29.2 Å². The van der Waals surface area contributed by atoms with Crippen molar-refractivity contribution in [3.8, 4) is 0 Å². The monoisotopic (exact) mass is 242 g/mol. The van der Waals surface area contributed by atoms with Gasteiger partial charge in [-0.15, -0.1) is 0 Å². The van der Waals surface area contributed by atoms with E-state index >= 15 is 0 Å². The van der Waals surface area contributed by atoms with Gasteiger partial charge in [-0.25, -0.2) is 0 Å². The Morgan fingerprint density at radius 2 is 1.78 bits per heavy atom. The molecule has 0 aromatic heterocycles. The molecule has 0 spiro atoms. The zero-order chi connectivity index (χ0) is 12.1. The molecular formula is C16H22N2. The van der Waals surface area contributed by atoms with Crippen molar-refractivity contribution in [1.82, 2.24) is 4.90 Å². The minimum Gasteiger partial charge on any atom is -0.323 e. The highest BCUT2D eigenvalue weighted by molar-refractivity contribution is 5.37. The second kappa shape index (κ2) is 4.07. The molecule has 96 valence electrons. The third-order valence-corrected chi connectivity index (χ3v) is 5.48. The van der Waals surface area contributed by atoms with E-state index in [-0.39, 0.29) is 6.04 Å². The molecule has 4 rings (SSSR count). The maximum Gasteiger partial charge on any atom is 0.0459 e. The first kappa shape index (κ1) is 11.0. The molecule has 1 aromatic carbocycles. The van der Waals surface area contributed by atoms with E-state index in [1.54, 1.807) is 0 Å². The Morgan fingerprint density at radius 3 is 2.50 bits per heavy atom. The van der Waals surface area contributed by atoms with Gasteiger partial charge in [-0.3, -0.25) is 4.90 Å². The van der Waals surface area contributed by atoms with Crippen LogP contribution in [0.15, 0.2) is 24.3 Å². The van der Waals surface area contributed by atoms with Gasteiger partial charge in [0.05, 0.1) is 0 Å². The minimum absolute atomic E-state index is 0.236. The molecule has 1 aromatic rings. The molecule has 18 heavy (non-hydrogen) atoms. The molecule has 1 aliphatic heterocycles. The summed E-state index contributed by atoms with van der Waals surface area (Å²) in [7, 11) is 0. The van der Waals surface area contributed by atoms with Gasteiger partial charge in [-0.1, -0.05) is 30.7 Å². The first-order chi connectivity index (χ1) is 8.83. The Labute approximate surface area is 109 Å². The SMILES string of the molecule is NC1c2ccccc2CC1N1CC2CCCC2C1. The van der Waals surface area contributed by atoms with E-state index in [9.17, 15) is 0 Å². The number of fused-ring (bicyclic) bond motifs is 2. The van der Waals surface area contributed by atoms with Crippen molar-refractivity contribution in [1.29, 1.82) is 0 Å². The summed E-state index contributed by atoms with van der Waals surface area (Å²) in [5.74, 6) is 1.95. The quantitative estimate of drug-likeness (QED) is 0.819. The third kappa shape index (κ3) is 1.55. The molecule has 0 amide bonds. The van der Waals surface area contributed by atoms with Gasteiger partial charge in [0.15, 0.2) is 0 Å². The van der Waals surface area contributed by atoms with E-state index in [4.69, 9.17) is 5.73 Å². The number of hydrogen-bond acceptors (Lipinski definition) is 2. The van der Waals surface area contributed by atoms with Gasteiger partial charge in [-0.2, -0.15) is 0 Å². The molecule has 2 nitrogen and oxygen atoms in total. The highest BCUT2D eigenvalue weighted by Gasteiger charge is 2.42. The van der Waals surface area contributed by atoms with Gasteiger partial charge < -0.3 is 5.73 Å². The van der Waals surface area contributed by atoms with Crippen molar-refractivity contribution >= 4 is 0 Å². The summed E-state index contributed by atoms with van der Waals surface area (Å²) in [6, 6.07) is 9.54. The van der Waals surface area contributed by atoms with E-state index < -0.39 is 0 Å². The summed E-state index contributed by atoms with van der Waals surface area (Å²) in [5, 5.41) is 0. The van der Waals surface area contributed by atoms with E-state index in [0.29, 0.717) is 6.04 Å². The summed E-state index contributed by atoms with van der Waals surface area (Å²) < 4.78 is 0. The lowest BCUT2D eigenvalue weighted by Crippen LogP contribution is -2.40. The normalized spacial score (nSPS) is 38.9. The van der Waals surface area contributed by atoms with Crippen LogP contribution in [0.25, 0.3) is 0 Å².